The van der Waals surface area contributed by atoms with Crippen LogP contribution < -0.4 is 4.72 Å². The third-order valence-corrected chi connectivity index (χ3v) is 5.30. The van der Waals surface area contributed by atoms with Crippen LogP contribution in [0.2, 0.25) is 5.02 Å². The maximum atomic E-state index is 12.5. The SMILES string of the molecule is Cc1cc(NS(=O)c2c[nH]c3cc(Cl)ccc23)c(C#N)s1. The molecule has 1 atom stereocenters. The standard InChI is InChI=1S/C14H10ClN3OS2/c1-8-4-12(13(6-16)20-8)18-21(19)14-7-17-11-5-9(15)2-3-10(11)14/h2-5,7,17-18H,1H3. The first kappa shape index (κ1) is 14.1. The Morgan fingerprint density at radius 2 is 2.24 bits per heavy atom. The highest BCUT2D eigenvalue weighted by Gasteiger charge is 2.14. The summed E-state index contributed by atoms with van der Waals surface area (Å²) >= 11 is 7.31. The number of nitriles is 1. The molecular formula is C14H10ClN3OS2. The van der Waals surface area contributed by atoms with Crippen LogP contribution in [0.4, 0.5) is 5.69 Å². The average molecular weight is 336 g/mol. The fourth-order valence-electron chi connectivity index (χ4n) is 2.05. The molecular weight excluding hydrogens is 326 g/mol. The molecule has 4 nitrogen and oxygen atoms in total. The Kier molecular flexibility index (Phi) is 3.72. The minimum absolute atomic E-state index is 0.531. The number of rotatable bonds is 3. The molecule has 106 valence electrons. The van der Waals surface area contributed by atoms with Crippen molar-refractivity contribution in [2.24, 2.45) is 0 Å². The summed E-state index contributed by atoms with van der Waals surface area (Å²) in [7, 11) is -1.45. The molecule has 3 aromatic rings. The Balaban J connectivity index is 1.96. The summed E-state index contributed by atoms with van der Waals surface area (Å²) in [5.41, 5.74) is 1.43. The summed E-state index contributed by atoms with van der Waals surface area (Å²) in [5.74, 6) is 0. The minimum atomic E-state index is -1.45. The second-order valence-corrected chi connectivity index (χ2v) is 7.30. The van der Waals surface area contributed by atoms with E-state index in [1.807, 2.05) is 19.1 Å². The highest BCUT2D eigenvalue weighted by atomic mass is 35.5. The van der Waals surface area contributed by atoms with Crippen molar-refractivity contribution >= 4 is 50.5 Å². The normalized spacial score (nSPS) is 12.2. The lowest BCUT2D eigenvalue weighted by molar-refractivity contribution is 0.687. The number of H-pyrrole nitrogens is 1. The lowest BCUT2D eigenvalue weighted by Crippen LogP contribution is -2.04. The van der Waals surface area contributed by atoms with Gasteiger partial charge in [-0.1, -0.05) is 17.7 Å². The fraction of sp³-hybridized carbons (Fsp3) is 0.0714. The smallest absolute Gasteiger partial charge is 0.152 e. The lowest BCUT2D eigenvalue weighted by atomic mass is 10.2. The number of nitrogens with zero attached hydrogens (tertiary/aromatic N) is 1. The molecule has 0 aliphatic carbocycles. The number of aromatic nitrogens is 1. The number of nitrogens with one attached hydrogen (secondary N) is 2. The van der Waals surface area contributed by atoms with Gasteiger partial charge in [-0.3, -0.25) is 4.72 Å². The van der Waals surface area contributed by atoms with Crippen molar-refractivity contribution in [2.75, 3.05) is 4.72 Å². The van der Waals surface area contributed by atoms with Gasteiger partial charge in [0, 0.05) is 27.0 Å². The topological polar surface area (TPSA) is 68.7 Å². The molecule has 0 fully saturated rings. The summed E-state index contributed by atoms with van der Waals surface area (Å²) in [6.07, 6.45) is 1.69. The molecule has 2 aromatic heterocycles. The molecule has 0 bridgehead atoms. The maximum Gasteiger partial charge on any atom is 0.152 e. The van der Waals surface area contributed by atoms with Crippen molar-refractivity contribution < 1.29 is 4.21 Å². The predicted molar refractivity (Wildman–Crippen MR) is 87.1 cm³/mol. The monoisotopic (exact) mass is 335 g/mol. The molecule has 7 heteroatoms. The highest BCUT2D eigenvalue weighted by molar-refractivity contribution is 7.86. The number of thiophene rings is 1. The summed E-state index contributed by atoms with van der Waals surface area (Å²) in [6, 6.07) is 9.30. The van der Waals surface area contributed by atoms with Gasteiger partial charge in [0.1, 0.15) is 10.9 Å². The van der Waals surface area contributed by atoms with Crippen LogP contribution in [0.15, 0.2) is 35.4 Å². The van der Waals surface area contributed by atoms with Gasteiger partial charge in [-0.15, -0.1) is 11.3 Å². The van der Waals surface area contributed by atoms with E-state index in [-0.39, 0.29) is 0 Å². The van der Waals surface area contributed by atoms with Gasteiger partial charge < -0.3 is 4.98 Å². The molecule has 0 aliphatic heterocycles. The van der Waals surface area contributed by atoms with Crippen molar-refractivity contribution in [1.29, 1.82) is 5.26 Å². The summed E-state index contributed by atoms with van der Waals surface area (Å²) in [5, 5.41) is 10.5. The van der Waals surface area contributed by atoms with Crippen molar-refractivity contribution in [3.05, 3.63) is 45.2 Å². The number of hydrogen-bond acceptors (Lipinski definition) is 3. The molecule has 0 spiro atoms. The summed E-state index contributed by atoms with van der Waals surface area (Å²) in [6.45, 7) is 1.91. The zero-order chi connectivity index (χ0) is 15.0. The first-order valence-corrected chi connectivity index (χ1v) is 8.38. The Hall–Kier alpha value is -1.81. The van der Waals surface area contributed by atoms with Gasteiger partial charge in [0.25, 0.3) is 0 Å². The van der Waals surface area contributed by atoms with Crippen LogP contribution in [0, 0.1) is 18.3 Å². The molecule has 2 heterocycles. The van der Waals surface area contributed by atoms with Crippen LogP contribution in [0.25, 0.3) is 10.9 Å². The van der Waals surface area contributed by atoms with Crippen LogP contribution in [0.3, 0.4) is 0 Å². The van der Waals surface area contributed by atoms with Crippen molar-refractivity contribution in [2.45, 2.75) is 11.8 Å². The second kappa shape index (κ2) is 5.53. The van der Waals surface area contributed by atoms with Crippen LogP contribution in [0.1, 0.15) is 9.75 Å². The van der Waals surface area contributed by atoms with E-state index in [4.69, 9.17) is 16.9 Å². The molecule has 0 saturated heterocycles. The van der Waals surface area contributed by atoms with E-state index in [0.29, 0.717) is 20.5 Å². The number of aryl methyl sites for hydroxylation is 1. The van der Waals surface area contributed by atoms with E-state index < -0.39 is 11.0 Å². The number of hydrogen-bond donors (Lipinski definition) is 2. The third-order valence-electron chi connectivity index (χ3n) is 2.97. The quantitative estimate of drug-likeness (QED) is 0.753. The molecule has 0 aliphatic rings. The van der Waals surface area contributed by atoms with Crippen LogP contribution in [0.5, 0.6) is 0 Å². The predicted octanol–water partition coefficient (Wildman–Crippen LogP) is 4.20. The van der Waals surface area contributed by atoms with Gasteiger partial charge in [0.15, 0.2) is 11.0 Å². The Bertz CT molecular complexity index is 891. The molecule has 1 unspecified atom stereocenters. The number of anilines is 1. The number of benzene rings is 1. The van der Waals surface area contributed by atoms with Gasteiger partial charge in [0.2, 0.25) is 0 Å². The van der Waals surface area contributed by atoms with Crippen molar-refractivity contribution in [3.8, 4) is 6.07 Å². The highest BCUT2D eigenvalue weighted by Crippen LogP contribution is 2.29. The van der Waals surface area contributed by atoms with E-state index in [9.17, 15) is 4.21 Å². The van der Waals surface area contributed by atoms with Crippen LogP contribution >= 0.6 is 22.9 Å². The number of halogens is 1. The Morgan fingerprint density at radius 1 is 1.43 bits per heavy atom. The first-order valence-electron chi connectivity index (χ1n) is 6.04. The molecule has 0 amide bonds. The van der Waals surface area contributed by atoms with E-state index in [2.05, 4.69) is 15.8 Å². The first-order chi connectivity index (χ1) is 10.1. The average Bonchev–Trinajstić information content (AvgIpc) is 3.01. The summed E-state index contributed by atoms with van der Waals surface area (Å²) in [4.78, 5) is 5.21. The fourth-order valence-corrected chi connectivity index (χ4v) is 4.07. The van der Waals surface area contributed by atoms with E-state index in [1.54, 1.807) is 18.3 Å². The van der Waals surface area contributed by atoms with E-state index >= 15 is 0 Å². The second-order valence-electron chi connectivity index (χ2n) is 4.43. The van der Waals surface area contributed by atoms with Crippen molar-refractivity contribution in [3.63, 3.8) is 0 Å². The third kappa shape index (κ3) is 2.68. The number of fused-ring (bicyclic) bond motifs is 1. The van der Waals surface area contributed by atoms with Gasteiger partial charge in [0.05, 0.1) is 10.6 Å². The van der Waals surface area contributed by atoms with Crippen LogP contribution in [-0.2, 0) is 11.0 Å². The molecule has 0 radical (unpaired) electrons. The van der Waals surface area contributed by atoms with Crippen LogP contribution in [-0.4, -0.2) is 9.19 Å². The number of aromatic amines is 1. The summed E-state index contributed by atoms with van der Waals surface area (Å²) < 4.78 is 15.4. The zero-order valence-electron chi connectivity index (χ0n) is 10.9. The Morgan fingerprint density at radius 3 is 3.00 bits per heavy atom. The molecule has 21 heavy (non-hydrogen) atoms. The van der Waals surface area contributed by atoms with Crippen molar-refractivity contribution in [1.82, 2.24) is 4.98 Å². The van der Waals surface area contributed by atoms with E-state index in [0.717, 1.165) is 15.8 Å². The molecule has 2 N–H and O–H groups in total. The molecule has 0 saturated carbocycles. The van der Waals surface area contributed by atoms with Gasteiger partial charge in [-0.05, 0) is 25.1 Å². The largest absolute Gasteiger partial charge is 0.360 e. The van der Waals surface area contributed by atoms with E-state index in [1.165, 1.54) is 11.3 Å². The maximum absolute atomic E-state index is 12.5. The zero-order valence-corrected chi connectivity index (χ0v) is 13.3. The molecule has 3 rings (SSSR count). The van der Waals surface area contributed by atoms with Gasteiger partial charge in [-0.2, -0.15) is 5.26 Å². The van der Waals surface area contributed by atoms with Gasteiger partial charge >= 0.3 is 0 Å². The van der Waals surface area contributed by atoms with Gasteiger partial charge in [-0.25, -0.2) is 4.21 Å². The minimum Gasteiger partial charge on any atom is -0.360 e. The lowest BCUT2D eigenvalue weighted by Gasteiger charge is -2.03. The Labute approximate surface area is 133 Å². The molecule has 1 aromatic carbocycles.